The predicted molar refractivity (Wildman–Crippen MR) is 113 cm³/mol. The Hall–Kier alpha value is -1.86. The van der Waals surface area contributed by atoms with Crippen molar-refractivity contribution in [2.24, 2.45) is 5.92 Å². The largest absolute Gasteiger partial charge is 0.456 e. The molecule has 0 saturated carbocycles. The van der Waals surface area contributed by atoms with Gasteiger partial charge in [0.25, 0.3) is 5.91 Å². The highest BCUT2D eigenvalue weighted by Gasteiger charge is 2.33. The maximum Gasteiger partial charge on any atom is 0.289 e. The molecular weight excluding hydrogens is 382 g/mol. The summed E-state index contributed by atoms with van der Waals surface area (Å²) in [4.78, 5) is 29.7. The lowest BCUT2D eigenvalue weighted by molar-refractivity contribution is -0.127. The number of rotatable bonds is 5. The van der Waals surface area contributed by atoms with Crippen molar-refractivity contribution in [2.75, 3.05) is 39.3 Å². The minimum Gasteiger partial charge on any atom is -0.456 e. The Morgan fingerprint density at radius 2 is 1.80 bits per heavy atom. The highest BCUT2D eigenvalue weighted by molar-refractivity contribution is 5.93. The molecule has 4 rings (SSSR count). The van der Waals surface area contributed by atoms with Crippen molar-refractivity contribution in [1.82, 2.24) is 15.1 Å². The maximum atomic E-state index is 12.8. The van der Waals surface area contributed by atoms with Crippen molar-refractivity contribution in [1.29, 1.82) is 0 Å². The Morgan fingerprint density at radius 1 is 1.07 bits per heavy atom. The summed E-state index contributed by atoms with van der Waals surface area (Å²) in [6.07, 6.45) is 6.17. The molecule has 1 aromatic rings. The van der Waals surface area contributed by atoms with Crippen LogP contribution in [0.1, 0.15) is 60.4 Å². The minimum atomic E-state index is 0.0145. The number of hydrogen-bond acceptors (Lipinski definition) is 5. The third-order valence-corrected chi connectivity index (χ3v) is 6.93. The second-order valence-electron chi connectivity index (χ2n) is 9.08. The zero-order valence-electron chi connectivity index (χ0n) is 18.3. The summed E-state index contributed by atoms with van der Waals surface area (Å²) < 4.78 is 11.2. The third-order valence-electron chi connectivity index (χ3n) is 6.93. The topological polar surface area (TPSA) is 75.0 Å². The Balaban J connectivity index is 1.19. The van der Waals surface area contributed by atoms with Crippen molar-refractivity contribution in [3.05, 3.63) is 23.2 Å². The van der Waals surface area contributed by atoms with Crippen LogP contribution in [0.3, 0.4) is 0 Å². The van der Waals surface area contributed by atoms with Crippen molar-refractivity contribution < 1.29 is 18.7 Å². The molecule has 166 valence electrons. The number of hydrogen-bond donors (Lipinski definition) is 1. The molecule has 0 unspecified atom stereocenters. The van der Waals surface area contributed by atoms with Gasteiger partial charge in [-0.25, -0.2) is 0 Å². The second-order valence-corrected chi connectivity index (χ2v) is 9.08. The summed E-state index contributed by atoms with van der Waals surface area (Å²) in [5.74, 6) is 1.60. The molecule has 7 heteroatoms. The molecule has 1 N–H and O–H groups in total. The van der Waals surface area contributed by atoms with Crippen LogP contribution in [0.15, 0.2) is 10.5 Å². The van der Waals surface area contributed by atoms with Crippen molar-refractivity contribution in [2.45, 2.75) is 64.5 Å². The summed E-state index contributed by atoms with van der Waals surface area (Å²) in [6, 6.07) is 2.42. The van der Waals surface area contributed by atoms with Gasteiger partial charge >= 0.3 is 0 Å². The number of likely N-dealkylation sites (tertiary alicyclic amines) is 2. The summed E-state index contributed by atoms with van der Waals surface area (Å²) in [5.41, 5.74) is 0.916. The number of aryl methyl sites for hydroxylation is 2. The lowest BCUT2D eigenvalue weighted by atomic mass is 9.92. The van der Waals surface area contributed by atoms with Crippen LogP contribution in [-0.4, -0.2) is 73.1 Å². The van der Waals surface area contributed by atoms with Gasteiger partial charge in [0.1, 0.15) is 5.76 Å². The van der Waals surface area contributed by atoms with Crippen LogP contribution in [0.2, 0.25) is 0 Å². The monoisotopic (exact) mass is 417 g/mol. The smallest absolute Gasteiger partial charge is 0.289 e. The lowest BCUT2D eigenvalue weighted by Crippen LogP contribution is -2.50. The summed E-state index contributed by atoms with van der Waals surface area (Å²) in [5, 5.41) is 3.09. The SMILES string of the molecule is Cc1cc(C)c(C(=O)N2CCC(N3CCC(C(=O)NC[C@@H]4CCCO4)CC3)CC2)o1. The van der Waals surface area contributed by atoms with Crippen molar-refractivity contribution >= 4 is 11.8 Å². The number of carbonyl (C=O) groups is 2. The van der Waals surface area contributed by atoms with Gasteiger partial charge in [-0.3, -0.25) is 9.59 Å². The molecule has 0 radical (unpaired) electrons. The molecule has 1 aromatic heterocycles. The molecule has 1 atom stereocenters. The molecule has 30 heavy (non-hydrogen) atoms. The van der Waals surface area contributed by atoms with Gasteiger partial charge in [0, 0.05) is 43.8 Å². The van der Waals surface area contributed by atoms with Crippen LogP contribution in [0.5, 0.6) is 0 Å². The lowest BCUT2D eigenvalue weighted by Gasteiger charge is -2.41. The van der Waals surface area contributed by atoms with Crippen LogP contribution in [0, 0.1) is 19.8 Å². The second kappa shape index (κ2) is 9.52. The molecule has 0 aromatic carbocycles. The third kappa shape index (κ3) is 4.89. The van der Waals surface area contributed by atoms with E-state index in [9.17, 15) is 9.59 Å². The van der Waals surface area contributed by atoms with Gasteiger partial charge in [0.05, 0.1) is 6.10 Å². The molecule has 3 aliphatic heterocycles. The van der Waals surface area contributed by atoms with E-state index >= 15 is 0 Å². The quantitative estimate of drug-likeness (QED) is 0.797. The van der Waals surface area contributed by atoms with E-state index in [0.717, 1.165) is 82.6 Å². The van der Waals surface area contributed by atoms with Crippen molar-refractivity contribution in [3.8, 4) is 0 Å². The summed E-state index contributed by atoms with van der Waals surface area (Å²) in [7, 11) is 0. The van der Waals surface area contributed by atoms with Crippen LogP contribution < -0.4 is 5.32 Å². The number of carbonyl (C=O) groups excluding carboxylic acids is 2. The number of ether oxygens (including phenoxy) is 1. The van der Waals surface area contributed by atoms with E-state index in [1.54, 1.807) is 0 Å². The number of furan rings is 1. The average Bonchev–Trinajstić information content (AvgIpc) is 3.41. The predicted octanol–water partition coefficient (Wildman–Crippen LogP) is 2.51. The Bertz CT molecular complexity index is 740. The van der Waals surface area contributed by atoms with Gasteiger partial charge in [0.2, 0.25) is 5.91 Å². The molecule has 0 bridgehead atoms. The van der Waals surface area contributed by atoms with Crippen LogP contribution in [-0.2, 0) is 9.53 Å². The van der Waals surface area contributed by atoms with E-state index < -0.39 is 0 Å². The highest BCUT2D eigenvalue weighted by atomic mass is 16.5. The molecule has 7 nitrogen and oxygen atoms in total. The minimum absolute atomic E-state index is 0.0145. The number of nitrogens with zero attached hydrogens (tertiary/aromatic N) is 2. The molecule has 3 fully saturated rings. The first kappa shape index (κ1) is 21.4. The standard InChI is InChI=1S/C23H35N3O4/c1-16-14-17(2)30-21(16)23(28)26-11-7-19(8-12-26)25-9-5-18(6-10-25)22(27)24-15-20-4-3-13-29-20/h14,18-20H,3-13,15H2,1-2H3,(H,24,27)/t20-/m0/s1. The molecule has 3 saturated heterocycles. The zero-order valence-corrected chi connectivity index (χ0v) is 18.3. The number of piperidine rings is 2. The van der Waals surface area contributed by atoms with Gasteiger partial charge in [-0.05, 0) is 71.5 Å². The van der Waals surface area contributed by atoms with Gasteiger partial charge in [-0.1, -0.05) is 0 Å². The number of amides is 2. The zero-order chi connectivity index (χ0) is 21.1. The molecule has 2 amide bonds. The molecule has 0 spiro atoms. The van der Waals surface area contributed by atoms with Gasteiger partial charge in [-0.2, -0.15) is 0 Å². The first-order valence-electron chi connectivity index (χ1n) is 11.5. The molecule has 4 heterocycles. The fraction of sp³-hybridized carbons (Fsp3) is 0.739. The van der Waals surface area contributed by atoms with E-state index in [-0.39, 0.29) is 23.8 Å². The molecular formula is C23H35N3O4. The van der Waals surface area contributed by atoms with E-state index in [1.807, 2.05) is 24.8 Å². The summed E-state index contributed by atoms with van der Waals surface area (Å²) >= 11 is 0. The van der Waals surface area contributed by atoms with Gasteiger partial charge < -0.3 is 24.3 Å². The van der Waals surface area contributed by atoms with Gasteiger partial charge in [0.15, 0.2) is 5.76 Å². The average molecular weight is 418 g/mol. The van der Waals surface area contributed by atoms with E-state index in [1.165, 1.54) is 0 Å². The van der Waals surface area contributed by atoms with Crippen LogP contribution >= 0.6 is 0 Å². The van der Waals surface area contributed by atoms with Crippen LogP contribution in [0.25, 0.3) is 0 Å². The van der Waals surface area contributed by atoms with E-state index in [2.05, 4.69) is 10.2 Å². The molecule has 0 aliphatic carbocycles. The maximum absolute atomic E-state index is 12.8. The molecule has 3 aliphatic rings. The first-order valence-corrected chi connectivity index (χ1v) is 11.5. The Labute approximate surface area is 179 Å². The van der Waals surface area contributed by atoms with Gasteiger partial charge in [-0.15, -0.1) is 0 Å². The van der Waals surface area contributed by atoms with E-state index in [0.29, 0.717) is 18.3 Å². The fourth-order valence-electron chi connectivity index (χ4n) is 5.12. The Kier molecular flexibility index (Phi) is 6.78. The highest BCUT2D eigenvalue weighted by Crippen LogP contribution is 2.26. The summed E-state index contributed by atoms with van der Waals surface area (Å²) in [6.45, 7) is 8.75. The Morgan fingerprint density at radius 3 is 2.40 bits per heavy atom. The van der Waals surface area contributed by atoms with Crippen molar-refractivity contribution in [3.63, 3.8) is 0 Å². The van der Waals surface area contributed by atoms with E-state index in [4.69, 9.17) is 9.15 Å². The fourth-order valence-corrected chi connectivity index (χ4v) is 5.12. The first-order chi connectivity index (χ1) is 14.5. The number of nitrogens with one attached hydrogen (secondary N) is 1. The van der Waals surface area contributed by atoms with Crippen LogP contribution in [0.4, 0.5) is 0 Å². The normalized spacial score (nSPS) is 24.3.